The molecule has 0 saturated carbocycles. The van der Waals surface area contributed by atoms with Crippen molar-refractivity contribution in [2.24, 2.45) is 0 Å². The third-order valence-electron chi connectivity index (χ3n) is 4.62. The summed E-state index contributed by atoms with van der Waals surface area (Å²) < 4.78 is 19.6. The molecule has 5 aromatic rings. The van der Waals surface area contributed by atoms with Crippen molar-refractivity contribution >= 4 is 16.9 Å². The standard InChI is InChI=1S/C17H12N4O2.C6H4FNO2/c1-11-4-2-6-13-14(11)17(22)23-16(20-13)12-5-3-7-19-15(12)21-9-8-18-10-21;7-5-4(6(9)10)2-1-3-8-5/h2-10H,1H3;1-3H,(H,9,10). The van der Waals surface area contributed by atoms with Crippen LogP contribution in [0.1, 0.15) is 15.9 Å². The Bertz CT molecular complexity index is 1500. The molecule has 1 N–H and O–H groups in total. The Hall–Kier alpha value is -4.73. The normalized spacial score (nSPS) is 10.5. The van der Waals surface area contributed by atoms with Gasteiger partial charge in [-0.1, -0.05) is 12.1 Å². The molecule has 0 unspecified atom stereocenters. The van der Waals surface area contributed by atoms with Gasteiger partial charge >= 0.3 is 11.6 Å². The number of carbonyl (C=O) groups is 1. The maximum Gasteiger partial charge on any atom is 0.347 e. The van der Waals surface area contributed by atoms with Gasteiger partial charge in [-0.05, 0) is 42.8 Å². The Balaban J connectivity index is 0.000000219. The molecule has 164 valence electrons. The fourth-order valence-corrected chi connectivity index (χ4v) is 3.10. The van der Waals surface area contributed by atoms with E-state index in [0.717, 1.165) is 11.6 Å². The Morgan fingerprint density at radius 3 is 2.55 bits per heavy atom. The molecule has 10 heteroatoms. The van der Waals surface area contributed by atoms with Gasteiger partial charge in [-0.3, -0.25) is 4.57 Å². The summed E-state index contributed by atoms with van der Waals surface area (Å²) in [6, 6.07) is 11.6. The molecule has 0 amide bonds. The summed E-state index contributed by atoms with van der Waals surface area (Å²) in [5.74, 6) is -1.40. The topological polar surface area (TPSA) is 124 Å². The first-order valence-electron chi connectivity index (χ1n) is 9.63. The van der Waals surface area contributed by atoms with Gasteiger partial charge in [0.15, 0.2) is 5.82 Å². The van der Waals surface area contributed by atoms with Gasteiger partial charge in [-0.15, -0.1) is 0 Å². The van der Waals surface area contributed by atoms with Gasteiger partial charge in [0.2, 0.25) is 11.8 Å². The van der Waals surface area contributed by atoms with Crippen LogP contribution in [-0.4, -0.2) is 35.6 Å². The lowest BCUT2D eigenvalue weighted by molar-refractivity contribution is 0.0690. The van der Waals surface area contributed by atoms with Crippen molar-refractivity contribution in [3.05, 3.63) is 101 Å². The minimum atomic E-state index is -1.30. The first kappa shape index (κ1) is 21.5. The number of aryl methyl sites for hydroxylation is 1. The van der Waals surface area contributed by atoms with Crippen LogP contribution in [0.15, 0.2) is 82.8 Å². The molecular formula is C23H16FN5O4. The molecule has 33 heavy (non-hydrogen) atoms. The van der Waals surface area contributed by atoms with E-state index in [4.69, 9.17) is 9.52 Å². The van der Waals surface area contributed by atoms with E-state index in [1.54, 1.807) is 41.6 Å². The second kappa shape index (κ2) is 9.18. The first-order valence-corrected chi connectivity index (χ1v) is 9.63. The number of nitrogens with zero attached hydrogens (tertiary/aromatic N) is 5. The summed E-state index contributed by atoms with van der Waals surface area (Å²) in [6.07, 6.45) is 7.93. The highest BCUT2D eigenvalue weighted by molar-refractivity contribution is 5.87. The predicted molar refractivity (Wildman–Crippen MR) is 117 cm³/mol. The predicted octanol–water partition coefficient (Wildman–Crippen LogP) is 3.66. The molecule has 0 atom stereocenters. The highest BCUT2D eigenvalue weighted by Gasteiger charge is 2.15. The third kappa shape index (κ3) is 4.49. The molecule has 0 radical (unpaired) electrons. The SMILES string of the molecule is Cc1cccc2nc(-c3cccnc3-n3ccnc3)oc(=O)c12.O=C(O)c1cccnc1F. The summed E-state index contributed by atoms with van der Waals surface area (Å²) >= 11 is 0. The quantitative estimate of drug-likeness (QED) is 0.417. The zero-order valence-electron chi connectivity index (χ0n) is 17.2. The number of fused-ring (bicyclic) bond motifs is 1. The van der Waals surface area contributed by atoms with Crippen LogP contribution in [-0.2, 0) is 0 Å². The fourth-order valence-electron chi connectivity index (χ4n) is 3.10. The van der Waals surface area contributed by atoms with Crippen LogP contribution in [0.25, 0.3) is 28.2 Å². The molecular weight excluding hydrogens is 429 g/mol. The van der Waals surface area contributed by atoms with Crippen molar-refractivity contribution in [2.75, 3.05) is 0 Å². The zero-order chi connectivity index (χ0) is 23.4. The molecule has 5 rings (SSSR count). The van der Waals surface area contributed by atoms with E-state index in [2.05, 4.69) is 19.9 Å². The minimum absolute atomic E-state index is 0.241. The average molecular weight is 445 g/mol. The van der Waals surface area contributed by atoms with E-state index in [1.807, 2.05) is 25.1 Å². The van der Waals surface area contributed by atoms with Crippen LogP contribution in [0.3, 0.4) is 0 Å². The number of benzene rings is 1. The van der Waals surface area contributed by atoms with Crippen LogP contribution in [0.4, 0.5) is 4.39 Å². The zero-order valence-corrected chi connectivity index (χ0v) is 17.2. The van der Waals surface area contributed by atoms with Crippen LogP contribution in [0, 0.1) is 12.9 Å². The van der Waals surface area contributed by atoms with Crippen molar-refractivity contribution in [1.82, 2.24) is 24.5 Å². The molecule has 0 aliphatic rings. The molecule has 0 bridgehead atoms. The molecule has 0 spiro atoms. The van der Waals surface area contributed by atoms with E-state index in [-0.39, 0.29) is 5.89 Å². The first-order chi connectivity index (χ1) is 16.0. The Morgan fingerprint density at radius 2 is 1.85 bits per heavy atom. The van der Waals surface area contributed by atoms with Crippen LogP contribution in [0.2, 0.25) is 0 Å². The molecule has 4 aromatic heterocycles. The third-order valence-corrected chi connectivity index (χ3v) is 4.62. The van der Waals surface area contributed by atoms with Gasteiger partial charge in [0.1, 0.15) is 11.9 Å². The van der Waals surface area contributed by atoms with Crippen molar-refractivity contribution in [2.45, 2.75) is 6.92 Å². The van der Waals surface area contributed by atoms with E-state index < -0.39 is 23.1 Å². The number of aromatic nitrogens is 5. The number of pyridine rings is 2. The summed E-state index contributed by atoms with van der Waals surface area (Å²) in [5, 5.41) is 8.79. The largest absolute Gasteiger partial charge is 0.478 e. The highest BCUT2D eigenvalue weighted by Crippen LogP contribution is 2.24. The maximum atomic E-state index is 12.3. The van der Waals surface area contributed by atoms with Crippen molar-refractivity contribution in [3.63, 3.8) is 0 Å². The Kier molecular flexibility index (Phi) is 5.98. The van der Waals surface area contributed by atoms with Crippen LogP contribution >= 0.6 is 0 Å². The lowest BCUT2D eigenvalue weighted by Crippen LogP contribution is -2.06. The number of rotatable bonds is 3. The fraction of sp³-hybridized carbons (Fsp3) is 0.0435. The Morgan fingerprint density at radius 1 is 1.06 bits per heavy atom. The van der Waals surface area contributed by atoms with Crippen LogP contribution < -0.4 is 5.63 Å². The van der Waals surface area contributed by atoms with E-state index in [0.29, 0.717) is 22.3 Å². The van der Waals surface area contributed by atoms with E-state index in [9.17, 15) is 14.0 Å². The molecule has 0 saturated heterocycles. The number of hydrogen-bond donors (Lipinski definition) is 1. The molecule has 0 fully saturated rings. The van der Waals surface area contributed by atoms with Gasteiger partial charge in [-0.2, -0.15) is 4.39 Å². The number of hydrogen-bond acceptors (Lipinski definition) is 7. The molecule has 9 nitrogen and oxygen atoms in total. The van der Waals surface area contributed by atoms with Crippen molar-refractivity contribution in [1.29, 1.82) is 0 Å². The second-order valence-electron chi connectivity index (χ2n) is 6.77. The molecule has 0 aliphatic carbocycles. The summed E-state index contributed by atoms with van der Waals surface area (Å²) in [7, 11) is 0. The van der Waals surface area contributed by atoms with E-state index >= 15 is 0 Å². The summed E-state index contributed by atoms with van der Waals surface area (Å²) in [6.45, 7) is 1.86. The van der Waals surface area contributed by atoms with Crippen molar-refractivity contribution in [3.8, 4) is 17.3 Å². The lowest BCUT2D eigenvalue weighted by Gasteiger charge is -2.08. The smallest absolute Gasteiger partial charge is 0.347 e. The molecule has 0 aliphatic heterocycles. The lowest BCUT2D eigenvalue weighted by atomic mass is 10.1. The number of imidazole rings is 1. The van der Waals surface area contributed by atoms with Crippen molar-refractivity contribution < 1.29 is 18.7 Å². The van der Waals surface area contributed by atoms with Gasteiger partial charge in [0, 0.05) is 24.8 Å². The number of halogens is 1. The minimum Gasteiger partial charge on any atom is -0.478 e. The Labute approximate surface area is 185 Å². The average Bonchev–Trinajstić information content (AvgIpc) is 3.34. The monoisotopic (exact) mass is 445 g/mol. The number of carboxylic acids is 1. The van der Waals surface area contributed by atoms with Gasteiger partial charge in [0.25, 0.3) is 0 Å². The van der Waals surface area contributed by atoms with Crippen LogP contribution in [0.5, 0.6) is 0 Å². The number of carboxylic acid groups (broad SMARTS) is 1. The molecule has 4 heterocycles. The summed E-state index contributed by atoms with van der Waals surface area (Å²) in [5.41, 5.74) is 1.28. The van der Waals surface area contributed by atoms with Gasteiger partial charge in [0.05, 0.1) is 16.5 Å². The number of aromatic carboxylic acids is 1. The highest BCUT2D eigenvalue weighted by atomic mass is 19.1. The second-order valence-corrected chi connectivity index (χ2v) is 6.77. The summed E-state index contributed by atoms with van der Waals surface area (Å²) in [4.78, 5) is 38.5. The van der Waals surface area contributed by atoms with Gasteiger partial charge < -0.3 is 9.52 Å². The molecule has 1 aromatic carbocycles. The maximum absolute atomic E-state index is 12.3. The van der Waals surface area contributed by atoms with E-state index in [1.165, 1.54) is 12.3 Å². The van der Waals surface area contributed by atoms with Gasteiger partial charge in [-0.25, -0.2) is 29.5 Å².